The number of pyridine rings is 1. The van der Waals surface area contributed by atoms with E-state index in [4.69, 9.17) is 0 Å². The molecule has 8 heteroatoms. The highest BCUT2D eigenvalue weighted by molar-refractivity contribution is 5.80. The van der Waals surface area contributed by atoms with Crippen molar-refractivity contribution in [3.63, 3.8) is 0 Å². The molecule has 5 nitrogen and oxygen atoms in total. The molecule has 2 N–H and O–H groups in total. The van der Waals surface area contributed by atoms with Crippen molar-refractivity contribution in [3.8, 4) is 5.88 Å². The maximum absolute atomic E-state index is 12.1. The van der Waals surface area contributed by atoms with Gasteiger partial charge >= 0.3 is 6.18 Å². The third-order valence-electron chi connectivity index (χ3n) is 3.38. The maximum Gasteiger partial charge on any atom is 0.422 e. The molecule has 1 saturated carbocycles. The van der Waals surface area contributed by atoms with Crippen LogP contribution in [0.5, 0.6) is 5.88 Å². The van der Waals surface area contributed by atoms with Crippen LogP contribution in [0, 0.1) is 5.92 Å². The van der Waals surface area contributed by atoms with Crippen molar-refractivity contribution in [1.82, 2.24) is 15.6 Å². The zero-order valence-corrected chi connectivity index (χ0v) is 13.2. The summed E-state index contributed by atoms with van der Waals surface area (Å²) in [6, 6.07) is 3.61. The number of halogens is 3. The standard InChI is InChI=1S/C15H21F3N4O/c1-3-19-14(22-12-6-10(12)2)21-8-11-4-5-20-13(7-11)23-9-15(16,17)18/h4-5,7,10,12H,3,6,8-9H2,1-2H3,(H2,19,21,22). The van der Waals surface area contributed by atoms with Crippen LogP contribution in [0.4, 0.5) is 13.2 Å². The van der Waals surface area contributed by atoms with Gasteiger partial charge in [-0.25, -0.2) is 9.98 Å². The first-order chi connectivity index (χ1) is 10.9. The smallest absolute Gasteiger partial charge is 0.422 e. The fourth-order valence-electron chi connectivity index (χ4n) is 1.97. The summed E-state index contributed by atoms with van der Waals surface area (Å²) >= 11 is 0. The van der Waals surface area contributed by atoms with Gasteiger partial charge in [0, 0.05) is 24.8 Å². The van der Waals surface area contributed by atoms with Crippen LogP contribution in [0.25, 0.3) is 0 Å². The van der Waals surface area contributed by atoms with Crippen molar-refractivity contribution >= 4 is 5.96 Å². The molecule has 0 radical (unpaired) electrons. The van der Waals surface area contributed by atoms with Crippen molar-refractivity contribution in [3.05, 3.63) is 23.9 Å². The second-order valence-corrected chi connectivity index (χ2v) is 5.57. The minimum Gasteiger partial charge on any atom is -0.468 e. The van der Waals surface area contributed by atoms with E-state index in [1.807, 2.05) is 6.92 Å². The highest BCUT2D eigenvalue weighted by Crippen LogP contribution is 2.28. The third-order valence-corrected chi connectivity index (χ3v) is 3.38. The Hall–Kier alpha value is -1.99. The van der Waals surface area contributed by atoms with Gasteiger partial charge in [-0.15, -0.1) is 0 Å². The van der Waals surface area contributed by atoms with Crippen molar-refractivity contribution in [2.75, 3.05) is 13.2 Å². The van der Waals surface area contributed by atoms with Gasteiger partial charge in [0.15, 0.2) is 12.6 Å². The molecule has 23 heavy (non-hydrogen) atoms. The molecule has 0 bridgehead atoms. The number of rotatable bonds is 6. The summed E-state index contributed by atoms with van der Waals surface area (Å²) in [7, 11) is 0. The molecule has 0 aromatic carbocycles. The minimum atomic E-state index is -4.38. The van der Waals surface area contributed by atoms with Crippen LogP contribution in [0.3, 0.4) is 0 Å². The summed E-state index contributed by atoms with van der Waals surface area (Å²) in [6.07, 6.45) is -1.84. The summed E-state index contributed by atoms with van der Waals surface area (Å²) in [4.78, 5) is 8.21. The molecule has 1 aromatic heterocycles. The Morgan fingerprint density at radius 1 is 1.48 bits per heavy atom. The van der Waals surface area contributed by atoms with Gasteiger partial charge in [0.25, 0.3) is 0 Å². The normalized spacial score (nSPS) is 21.0. The number of nitrogens with one attached hydrogen (secondary N) is 2. The van der Waals surface area contributed by atoms with Gasteiger partial charge < -0.3 is 15.4 Å². The van der Waals surface area contributed by atoms with Crippen molar-refractivity contribution in [2.24, 2.45) is 10.9 Å². The lowest BCUT2D eigenvalue weighted by molar-refractivity contribution is -0.154. The van der Waals surface area contributed by atoms with Crippen LogP contribution >= 0.6 is 0 Å². The summed E-state index contributed by atoms with van der Waals surface area (Å²) in [6.45, 7) is 3.86. The molecule has 0 amide bonds. The van der Waals surface area contributed by atoms with E-state index < -0.39 is 12.8 Å². The van der Waals surface area contributed by atoms with E-state index in [0.29, 0.717) is 24.5 Å². The Morgan fingerprint density at radius 2 is 2.22 bits per heavy atom. The summed E-state index contributed by atoms with van der Waals surface area (Å²) in [5.74, 6) is 1.29. The SMILES string of the molecule is CCNC(=NCc1ccnc(OCC(F)(F)F)c1)NC1CC1C. The van der Waals surface area contributed by atoms with Crippen molar-refractivity contribution in [1.29, 1.82) is 0 Å². The van der Waals surface area contributed by atoms with Gasteiger partial charge in [-0.05, 0) is 30.9 Å². The number of hydrogen-bond donors (Lipinski definition) is 2. The monoisotopic (exact) mass is 330 g/mol. The number of hydrogen-bond acceptors (Lipinski definition) is 3. The first-order valence-electron chi connectivity index (χ1n) is 7.56. The average Bonchev–Trinajstić information content (AvgIpc) is 3.18. The fraction of sp³-hybridized carbons (Fsp3) is 0.600. The van der Waals surface area contributed by atoms with Crippen molar-refractivity contribution in [2.45, 2.75) is 39.0 Å². The molecule has 0 spiro atoms. The largest absolute Gasteiger partial charge is 0.468 e. The maximum atomic E-state index is 12.1. The second-order valence-electron chi connectivity index (χ2n) is 5.57. The number of aromatic nitrogens is 1. The highest BCUT2D eigenvalue weighted by atomic mass is 19.4. The lowest BCUT2D eigenvalue weighted by Crippen LogP contribution is -2.39. The Kier molecular flexibility index (Phi) is 5.68. The van der Waals surface area contributed by atoms with E-state index in [0.717, 1.165) is 18.5 Å². The van der Waals surface area contributed by atoms with Crippen LogP contribution in [0.1, 0.15) is 25.8 Å². The number of alkyl halides is 3. The van der Waals surface area contributed by atoms with Crippen LogP contribution in [-0.4, -0.2) is 36.3 Å². The van der Waals surface area contributed by atoms with Crippen LogP contribution in [0.15, 0.2) is 23.3 Å². The summed E-state index contributed by atoms with van der Waals surface area (Å²) < 4.78 is 41.1. The Morgan fingerprint density at radius 3 is 2.83 bits per heavy atom. The molecule has 1 aromatic rings. The van der Waals surface area contributed by atoms with Gasteiger partial charge in [0.1, 0.15) is 0 Å². The highest BCUT2D eigenvalue weighted by Gasteiger charge is 2.33. The van der Waals surface area contributed by atoms with Gasteiger partial charge in [0.05, 0.1) is 6.54 Å². The van der Waals surface area contributed by atoms with Gasteiger partial charge in [-0.2, -0.15) is 13.2 Å². The molecule has 2 rings (SSSR count). The predicted octanol–water partition coefficient (Wildman–Crippen LogP) is 2.49. The van der Waals surface area contributed by atoms with E-state index in [2.05, 4.69) is 32.3 Å². The molecular weight excluding hydrogens is 309 g/mol. The van der Waals surface area contributed by atoms with E-state index in [1.54, 1.807) is 6.07 Å². The van der Waals surface area contributed by atoms with E-state index in [1.165, 1.54) is 12.3 Å². The Labute approximate surface area is 133 Å². The fourth-order valence-corrected chi connectivity index (χ4v) is 1.97. The van der Waals surface area contributed by atoms with Gasteiger partial charge in [-0.3, -0.25) is 0 Å². The third kappa shape index (κ3) is 6.33. The second kappa shape index (κ2) is 7.52. The molecule has 1 heterocycles. The number of aliphatic imine (C=N–C) groups is 1. The molecule has 2 atom stereocenters. The first-order valence-corrected chi connectivity index (χ1v) is 7.56. The number of guanidine groups is 1. The predicted molar refractivity (Wildman–Crippen MR) is 81.3 cm³/mol. The molecule has 1 fully saturated rings. The van der Waals surface area contributed by atoms with Gasteiger partial charge in [-0.1, -0.05) is 6.92 Å². The quantitative estimate of drug-likeness (QED) is 0.621. The zero-order chi connectivity index (χ0) is 16.9. The molecule has 1 aliphatic carbocycles. The first kappa shape index (κ1) is 17.4. The Bertz CT molecular complexity index is 548. The minimum absolute atomic E-state index is 0.0520. The lowest BCUT2D eigenvalue weighted by atomic mass is 10.3. The van der Waals surface area contributed by atoms with E-state index in [-0.39, 0.29) is 5.88 Å². The summed E-state index contributed by atoms with van der Waals surface area (Å²) in [5, 5.41) is 6.46. The van der Waals surface area contributed by atoms with Crippen LogP contribution in [-0.2, 0) is 6.54 Å². The molecular formula is C15H21F3N4O. The molecule has 0 aliphatic heterocycles. The van der Waals surface area contributed by atoms with E-state index in [9.17, 15) is 13.2 Å². The molecule has 128 valence electrons. The van der Waals surface area contributed by atoms with Crippen molar-refractivity contribution < 1.29 is 17.9 Å². The van der Waals surface area contributed by atoms with Gasteiger partial charge in [0.2, 0.25) is 5.88 Å². The molecule has 0 saturated heterocycles. The van der Waals surface area contributed by atoms with Crippen LogP contribution in [0.2, 0.25) is 0 Å². The van der Waals surface area contributed by atoms with E-state index >= 15 is 0 Å². The topological polar surface area (TPSA) is 58.5 Å². The zero-order valence-electron chi connectivity index (χ0n) is 13.2. The number of ether oxygens (including phenoxy) is 1. The number of nitrogens with zero attached hydrogens (tertiary/aromatic N) is 2. The molecule has 1 aliphatic rings. The lowest BCUT2D eigenvalue weighted by Gasteiger charge is -2.11. The summed E-state index contributed by atoms with van der Waals surface area (Å²) in [5.41, 5.74) is 0.734. The molecule has 2 unspecified atom stereocenters. The van der Waals surface area contributed by atoms with Crippen LogP contribution < -0.4 is 15.4 Å². The average molecular weight is 330 g/mol. The Balaban J connectivity index is 1.93.